The van der Waals surface area contributed by atoms with Gasteiger partial charge in [-0.2, -0.15) is 0 Å². The number of ketones is 1. The van der Waals surface area contributed by atoms with Gasteiger partial charge in [-0.15, -0.1) is 0 Å². The van der Waals surface area contributed by atoms with E-state index in [1.165, 1.54) is 11.8 Å². The molecule has 0 radical (unpaired) electrons. The average molecular weight is 379 g/mol. The van der Waals surface area contributed by atoms with Crippen LogP contribution in [0.2, 0.25) is 0 Å². The zero-order chi connectivity index (χ0) is 19.4. The highest BCUT2D eigenvalue weighted by Crippen LogP contribution is 2.23. The molecule has 0 saturated carbocycles. The van der Waals surface area contributed by atoms with Crippen LogP contribution < -0.4 is 0 Å². The van der Waals surface area contributed by atoms with Gasteiger partial charge in [0.05, 0.1) is 16.3 Å². The Kier molecular flexibility index (Phi) is 5.91. The number of nitrogens with zero attached hydrogens (tertiary/aromatic N) is 1. The monoisotopic (exact) mass is 379 g/mol. The molecular formula is C22H21NO3S. The molecule has 0 bridgehead atoms. The van der Waals surface area contributed by atoms with Crippen molar-refractivity contribution in [3.63, 3.8) is 0 Å². The van der Waals surface area contributed by atoms with Crippen LogP contribution in [0.15, 0.2) is 53.6 Å². The van der Waals surface area contributed by atoms with E-state index < -0.39 is 5.97 Å². The number of benzene rings is 2. The lowest BCUT2D eigenvalue weighted by Crippen LogP contribution is -2.16. The molecule has 0 aliphatic rings. The maximum absolute atomic E-state index is 12.3. The van der Waals surface area contributed by atoms with Crippen LogP contribution in [0.1, 0.15) is 27.0 Å². The van der Waals surface area contributed by atoms with E-state index in [0.717, 1.165) is 32.6 Å². The van der Waals surface area contributed by atoms with Crippen molar-refractivity contribution in [2.75, 3.05) is 12.4 Å². The molecule has 3 rings (SSSR count). The number of ether oxygens (including phenoxy) is 1. The fraction of sp³-hybridized carbons (Fsp3) is 0.227. The van der Waals surface area contributed by atoms with Gasteiger partial charge in [0.1, 0.15) is 0 Å². The van der Waals surface area contributed by atoms with Crippen molar-refractivity contribution in [3.05, 3.63) is 70.8 Å². The number of rotatable bonds is 6. The van der Waals surface area contributed by atoms with E-state index >= 15 is 0 Å². The molecular weight excluding hydrogens is 358 g/mol. The third-order valence-electron chi connectivity index (χ3n) is 4.28. The molecule has 0 aliphatic heterocycles. The van der Waals surface area contributed by atoms with E-state index in [1.807, 2.05) is 63.2 Å². The lowest BCUT2D eigenvalue weighted by atomic mass is 10.0. The fourth-order valence-electron chi connectivity index (χ4n) is 2.92. The number of thioether (sulfide) groups is 1. The highest BCUT2D eigenvalue weighted by Gasteiger charge is 2.13. The molecule has 0 N–H and O–H groups in total. The highest BCUT2D eigenvalue weighted by atomic mass is 32.2. The summed E-state index contributed by atoms with van der Waals surface area (Å²) in [6.45, 7) is 5.63. The minimum absolute atomic E-state index is 0.116. The summed E-state index contributed by atoms with van der Waals surface area (Å²) in [7, 11) is 0. The molecule has 4 nitrogen and oxygen atoms in total. The predicted octanol–water partition coefficient (Wildman–Crippen LogP) is 4.68. The number of fused-ring (bicyclic) bond motifs is 1. The maximum atomic E-state index is 12.3. The van der Waals surface area contributed by atoms with Crippen LogP contribution in [-0.2, 0) is 9.53 Å². The van der Waals surface area contributed by atoms with Gasteiger partial charge in [-0.05, 0) is 44.0 Å². The molecule has 138 valence electrons. The summed E-state index contributed by atoms with van der Waals surface area (Å²) in [5.41, 5.74) is 4.59. The van der Waals surface area contributed by atoms with E-state index in [-0.39, 0.29) is 18.1 Å². The molecule has 5 heteroatoms. The number of hydrogen-bond acceptors (Lipinski definition) is 5. The first-order valence-corrected chi connectivity index (χ1v) is 9.68. The lowest BCUT2D eigenvalue weighted by Gasteiger charge is -2.08. The summed E-state index contributed by atoms with van der Waals surface area (Å²) in [4.78, 5) is 28.8. The van der Waals surface area contributed by atoms with Crippen molar-refractivity contribution in [1.82, 2.24) is 4.98 Å². The largest absolute Gasteiger partial charge is 0.457 e. The van der Waals surface area contributed by atoms with Gasteiger partial charge in [0, 0.05) is 10.9 Å². The van der Waals surface area contributed by atoms with Crippen molar-refractivity contribution in [1.29, 1.82) is 0 Å². The molecule has 0 spiro atoms. The van der Waals surface area contributed by atoms with Gasteiger partial charge >= 0.3 is 5.97 Å². The third-order valence-corrected chi connectivity index (χ3v) is 5.17. The van der Waals surface area contributed by atoms with Crippen LogP contribution in [-0.4, -0.2) is 29.1 Å². The first-order chi connectivity index (χ1) is 12.9. The summed E-state index contributed by atoms with van der Waals surface area (Å²) in [5.74, 6) is -0.499. The number of carbonyl (C=O) groups excluding carboxylic acids is 2. The molecule has 1 heterocycles. The number of hydrogen-bond donors (Lipinski definition) is 0. The van der Waals surface area contributed by atoms with E-state index in [9.17, 15) is 9.59 Å². The summed E-state index contributed by atoms with van der Waals surface area (Å²) in [5, 5.41) is 1.87. The Hall–Kier alpha value is -2.66. The molecule has 3 aromatic rings. The van der Waals surface area contributed by atoms with Crippen LogP contribution in [0.3, 0.4) is 0 Å². The summed E-state index contributed by atoms with van der Waals surface area (Å²) < 4.78 is 5.15. The topological polar surface area (TPSA) is 56.3 Å². The zero-order valence-corrected chi connectivity index (χ0v) is 16.4. The summed E-state index contributed by atoms with van der Waals surface area (Å²) in [6, 6.07) is 15.5. The number of aromatic nitrogens is 1. The van der Waals surface area contributed by atoms with E-state index in [2.05, 4.69) is 4.98 Å². The van der Waals surface area contributed by atoms with E-state index in [1.54, 1.807) is 6.07 Å². The second-order valence-corrected chi connectivity index (χ2v) is 7.48. The second-order valence-electron chi connectivity index (χ2n) is 6.49. The molecule has 2 aromatic carbocycles. The SMILES string of the molecule is Cc1ccc(C(=O)COC(=O)CSc2cc(C)c3ccccc3n2)c(C)c1. The second kappa shape index (κ2) is 8.35. The number of para-hydroxylation sites is 1. The molecule has 0 amide bonds. The Labute approximate surface area is 163 Å². The van der Waals surface area contributed by atoms with Crippen molar-refractivity contribution >= 4 is 34.4 Å². The first-order valence-electron chi connectivity index (χ1n) is 8.69. The Morgan fingerprint density at radius 1 is 1.00 bits per heavy atom. The fourth-order valence-corrected chi connectivity index (χ4v) is 3.69. The number of esters is 1. The van der Waals surface area contributed by atoms with Crippen LogP contribution in [0.25, 0.3) is 10.9 Å². The smallest absolute Gasteiger partial charge is 0.316 e. The minimum atomic E-state index is -0.425. The summed E-state index contributed by atoms with van der Waals surface area (Å²) >= 11 is 1.31. The molecule has 0 aliphatic carbocycles. The van der Waals surface area contributed by atoms with Gasteiger partial charge in [-0.1, -0.05) is 53.7 Å². The quantitative estimate of drug-likeness (QED) is 0.354. The number of Topliss-reactive ketones (excluding diaryl/α,β-unsaturated/α-hetero) is 1. The van der Waals surface area contributed by atoms with E-state index in [0.29, 0.717) is 5.56 Å². The Balaban J connectivity index is 1.56. The maximum Gasteiger partial charge on any atom is 0.316 e. The zero-order valence-electron chi connectivity index (χ0n) is 15.6. The molecule has 0 unspecified atom stereocenters. The standard InChI is InChI=1S/C22H21NO3S/c1-14-8-9-18(15(2)10-14)20(24)12-26-22(25)13-27-21-11-16(3)17-6-4-5-7-19(17)23-21/h4-11H,12-13H2,1-3H3. The van der Waals surface area contributed by atoms with Crippen LogP contribution >= 0.6 is 11.8 Å². The van der Waals surface area contributed by atoms with Gasteiger partial charge in [-0.3, -0.25) is 9.59 Å². The predicted molar refractivity (Wildman–Crippen MR) is 108 cm³/mol. The normalized spacial score (nSPS) is 10.8. The van der Waals surface area contributed by atoms with Gasteiger partial charge < -0.3 is 4.74 Å². The van der Waals surface area contributed by atoms with Crippen LogP contribution in [0.5, 0.6) is 0 Å². The van der Waals surface area contributed by atoms with Crippen molar-refractivity contribution in [3.8, 4) is 0 Å². The molecule has 0 saturated heterocycles. The molecule has 0 fully saturated rings. The van der Waals surface area contributed by atoms with Gasteiger partial charge in [0.15, 0.2) is 6.61 Å². The van der Waals surface area contributed by atoms with Crippen molar-refractivity contribution < 1.29 is 14.3 Å². The lowest BCUT2D eigenvalue weighted by molar-refractivity contribution is -0.139. The van der Waals surface area contributed by atoms with Crippen LogP contribution in [0, 0.1) is 20.8 Å². The van der Waals surface area contributed by atoms with E-state index in [4.69, 9.17) is 4.74 Å². The van der Waals surface area contributed by atoms with Crippen LogP contribution in [0.4, 0.5) is 0 Å². The van der Waals surface area contributed by atoms with Gasteiger partial charge in [0.2, 0.25) is 5.78 Å². The number of aryl methyl sites for hydroxylation is 3. The van der Waals surface area contributed by atoms with Crippen molar-refractivity contribution in [2.45, 2.75) is 25.8 Å². The highest BCUT2D eigenvalue weighted by molar-refractivity contribution is 7.99. The van der Waals surface area contributed by atoms with Crippen molar-refractivity contribution in [2.24, 2.45) is 0 Å². The molecule has 27 heavy (non-hydrogen) atoms. The Bertz CT molecular complexity index is 1010. The molecule has 1 aromatic heterocycles. The molecule has 0 atom stereocenters. The number of pyridine rings is 1. The summed E-state index contributed by atoms with van der Waals surface area (Å²) in [6.07, 6.45) is 0. The Morgan fingerprint density at radius 3 is 2.56 bits per heavy atom. The van der Waals surface area contributed by atoms with Gasteiger partial charge in [-0.25, -0.2) is 4.98 Å². The van der Waals surface area contributed by atoms with Gasteiger partial charge in [0.25, 0.3) is 0 Å². The third kappa shape index (κ3) is 4.74. The first kappa shape index (κ1) is 19.1. The Morgan fingerprint density at radius 2 is 1.78 bits per heavy atom. The number of carbonyl (C=O) groups is 2. The minimum Gasteiger partial charge on any atom is -0.457 e. The average Bonchev–Trinajstić information content (AvgIpc) is 2.64.